The van der Waals surface area contributed by atoms with Gasteiger partial charge in [0, 0.05) is 29.7 Å². The lowest BCUT2D eigenvalue weighted by Crippen LogP contribution is -2.54. The minimum atomic E-state index is -0.619. The summed E-state index contributed by atoms with van der Waals surface area (Å²) in [5.41, 5.74) is 2.38. The summed E-state index contributed by atoms with van der Waals surface area (Å²) in [6, 6.07) is 23.2. The number of carbonyl (C=O) groups excluding carboxylic acids is 1. The van der Waals surface area contributed by atoms with Crippen molar-refractivity contribution in [2.75, 3.05) is 24.5 Å². The van der Waals surface area contributed by atoms with Gasteiger partial charge in [0.2, 0.25) is 5.91 Å². The standard InChI is InChI=1S/C26H25Cl3N2O/c1-26(2,19-6-4-3-5-7-19)25(32)30-14-15-31(23-13-12-21(28)16-22(23)29)24(17-30)18-8-10-20(27)11-9-18/h3-13,16,24H,14-15,17H2,1-2H3. The largest absolute Gasteiger partial charge is 0.360 e. The van der Waals surface area contributed by atoms with Gasteiger partial charge in [0.15, 0.2) is 0 Å². The van der Waals surface area contributed by atoms with E-state index >= 15 is 0 Å². The summed E-state index contributed by atoms with van der Waals surface area (Å²) in [6.45, 7) is 5.80. The second kappa shape index (κ2) is 9.35. The summed E-state index contributed by atoms with van der Waals surface area (Å²) in [5, 5.41) is 1.87. The van der Waals surface area contributed by atoms with Crippen molar-refractivity contribution in [3.8, 4) is 0 Å². The zero-order valence-electron chi connectivity index (χ0n) is 18.1. The number of carbonyl (C=O) groups is 1. The number of rotatable bonds is 4. The molecule has 1 heterocycles. The average molecular weight is 488 g/mol. The van der Waals surface area contributed by atoms with Gasteiger partial charge in [-0.1, -0.05) is 77.3 Å². The van der Waals surface area contributed by atoms with Crippen LogP contribution in [0, 0.1) is 0 Å². The highest BCUT2D eigenvalue weighted by Crippen LogP contribution is 2.38. The van der Waals surface area contributed by atoms with Gasteiger partial charge < -0.3 is 9.80 Å². The van der Waals surface area contributed by atoms with Gasteiger partial charge in [0.05, 0.1) is 22.2 Å². The second-order valence-electron chi connectivity index (χ2n) is 8.60. The van der Waals surface area contributed by atoms with E-state index in [2.05, 4.69) is 4.90 Å². The summed E-state index contributed by atoms with van der Waals surface area (Å²) >= 11 is 18.8. The van der Waals surface area contributed by atoms with Gasteiger partial charge in [0.1, 0.15) is 0 Å². The van der Waals surface area contributed by atoms with Crippen LogP contribution in [0.5, 0.6) is 0 Å². The third-order valence-corrected chi connectivity index (χ3v) is 6.96. The second-order valence-corrected chi connectivity index (χ2v) is 9.88. The molecular weight excluding hydrogens is 463 g/mol. The number of hydrogen-bond acceptors (Lipinski definition) is 2. The minimum absolute atomic E-state index is 0.0600. The molecule has 3 nitrogen and oxygen atoms in total. The predicted octanol–water partition coefficient (Wildman–Crippen LogP) is 7.01. The van der Waals surface area contributed by atoms with E-state index in [0.717, 1.165) is 16.8 Å². The number of amides is 1. The monoisotopic (exact) mass is 486 g/mol. The highest BCUT2D eigenvalue weighted by molar-refractivity contribution is 6.36. The molecule has 0 bridgehead atoms. The maximum Gasteiger partial charge on any atom is 0.232 e. The third kappa shape index (κ3) is 4.61. The Morgan fingerprint density at radius 2 is 1.53 bits per heavy atom. The molecule has 0 spiro atoms. The predicted molar refractivity (Wildman–Crippen MR) is 134 cm³/mol. The van der Waals surface area contributed by atoms with Crippen molar-refractivity contribution in [1.29, 1.82) is 0 Å². The highest BCUT2D eigenvalue weighted by Gasteiger charge is 2.38. The summed E-state index contributed by atoms with van der Waals surface area (Å²) < 4.78 is 0. The average Bonchev–Trinajstić information content (AvgIpc) is 2.79. The number of anilines is 1. The highest BCUT2D eigenvalue weighted by atomic mass is 35.5. The Hall–Kier alpha value is -2.20. The van der Waals surface area contributed by atoms with E-state index in [1.54, 1.807) is 6.07 Å². The molecule has 0 saturated carbocycles. The molecule has 1 saturated heterocycles. The first-order valence-corrected chi connectivity index (χ1v) is 11.7. The van der Waals surface area contributed by atoms with E-state index in [1.807, 2.05) is 85.5 Å². The van der Waals surface area contributed by atoms with Gasteiger partial charge in [-0.05, 0) is 55.3 Å². The van der Waals surface area contributed by atoms with E-state index in [1.165, 1.54) is 0 Å². The Morgan fingerprint density at radius 1 is 0.875 bits per heavy atom. The quantitative estimate of drug-likeness (QED) is 0.395. The van der Waals surface area contributed by atoms with E-state index in [9.17, 15) is 4.79 Å². The van der Waals surface area contributed by atoms with Gasteiger partial charge in [-0.2, -0.15) is 0 Å². The van der Waals surface area contributed by atoms with Crippen molar-refractivity contribution in [1.82, 2.24) is 4.90 Å². The van der Waals surface area contributed by atoms with Gasteiger partial charge >= 0.3 is 0 Å². The van der Waals surface area contributed by atoms with Crippen molar-refractivity contribution in [3.05, 3.63) is 99.0 Å². The summed E-state index contributed by atoms with van der Waals surface area (Å²) in [7, 11) is 0. The fourth-order valence-corrected chi connectivity index (χ4v) is 4.96. The van der Waals surface area contributed by atoms with Crippen molar-refractivity contribution in [2.45, 2.75) is 25.3 Å². The summed E-state index contributed by atoms with van der Waals surface area (Å²) in [5.74, 6) is 0.115. The third-order valence-electron chi connectivity index (χ3n) is 6.17. The zero-order valence-corrected chi connectivity index (χ0v) is 20.3. The molecule has 6 heteroatoms. The van der Waals surface area contributed by atoms with Crippen molar-refractivity contribution in [3.63, 3.8) is 0 Å². The Balaban J connectivity index is 1.67. The number of hydrogen-bond donors (Lipinski definition) is 0. The maximum absolute atomic E-state index is 13.6. The topological polar surface area (TPSA) is 23.6 Å². The van der Waals surface area contributed by atoms with Crippen LogP contribution in [0.4, 0.5) is 5.69 Å². The lowest BCUT2D eigenvalue weighted by Gasteiger charge is -2.45. The molecule has 3 aromatic rings. The maximum atomic E-state index is 13.6. The number of benzene rings is 3. The van der Waals surface area contributed by atoms with Crippen molar-refractivity contribution in [2.24, 2.45) is 0 Å². The van der Waals surface area contributed by atoms with Crippen LogP contribution >= 0.6 is 34.8 Å². The molecule has 4 rings (SSSR count). The van der Waals surface area contributed by atoms with Gasteiger partial charge in [-0.15, -0.1) is 0 Å². The summed E-state index contributed by atoms with van der Waals surface area (Å²) in [6.07, 6.45) is 0. The molecule has 1 atom stereocenters. The minimum Gasteiger partial charge on any atom is -0.360 e. The fourth-order valence-electron chi connectivity index (χ4n) is 4.31. The number of nitrogens with zero attached hydrogens (tertiary/aromatic N) is 2. The van der Waals surface area contributed by atoms with Gasteiger partial charge in [-0.3, -0.25) is 4.79 Å². The van der Waals surface area contributed by atoms with E-state index in [4.69, 9.17) is 34.8 Å². The van der Waals surface area contributed by atoms with Gasteiger partial charge in [-0.25, -0.2) is 0 Å². The van der Waals surface area contributed by atoms with Crippen LogP contribution in [-0.4, -0.2) is 30.4 Å². The molecule has 1 amide bonds. The van der Waals surface area contributed by atoms with Crippen molar-refractivity contribution < 1.29 is 4.79 Å². The van der Waals surface area contributed by atoms with Crippen LogP contribution in [-0.2, 0) is 10.2 Å². The molecule has 1 unspecified atom stereocenters. The molecular formula is C26H25Cl3N2O. The Bertz CT molecular complexity index is 1100. The smallest absolute Gasteiger partial charge is 0.232 e. The van der Waals surface area contributed by atoms with Crippen LogP contribution in [0.2, 0.25) is 15.1 Å². The van der Waals surface area contributed by atoms with E-state index < -0.39 is 5.41 Å². The Morgan fingerprint density at radius 3 is 2.19 bits per heavy atom. The fraction of sp³-hybridized carbons (Fsp3) is 0.269. The molecule has 0 aromatic heterocycles. The molecule has 166 valence electrons. The molecule has 1 fully saturated rings. The molecule has 1 aliphatic heterocycles. The van der Waals surface area contributed by atoms with Gasteiger partial charge in [0.25, 0.3) is 0 Å². The Kier molecular flexibility index (Phi) is 6.71. The van der Waals surface area contributed by atoms with Crippen LogP contribution in [0.25, 0.3) is 0 Å². The lowest BCUT2D eigenvalue weighted by molar-refractivity contribution is -0.137. The zero-order chi connectivity index (χ0) is 22.9. The van der Waals surface area contributed by atoms with Crippen molar-refractivity contribution >= 4 is 46.4 Å². The molecule has 32 heavy (non-hydrogen) atoms. The SMILES string of the molecule is CC(C)(C(=O)N1CCN(c2ccc(Cl)cc2Cl)C(c2ccc(Cl)cc2)C1)c1ccccc1. The van der Waals surface area contributed by atoms with Crippen LogP contribution in [0.3, 0.4) is 0 Å². The first-order valence-electron chi connectivity index (χ1n) is 10.6. The molecule has 0 radical (unpaired) electrons. The lowest BCUT2D eigenvalue weighted by atomic mass is 9.82. The number of piperazine rings is 1. The Labute approximate surface area is 204 Å². The molecule has 3 aromatic carbocycles. The molecule has 1 aliphatic rings. The van der Waals surface area contributed by atoms with E-state index in [0.29, 0.717) is 34.7 Å². The molecule has 0 N–H and O–H groups in total. The normalized spacial score (nSPS) is 16.8. The number of halogens is 3. The first-order chi connectivity index (χ1) is 15.3. The van der Waals surface area contributed by atoms with Crippen LogP contribution in [0.1, 0.15) is 31.0 Å². The van der Waals surface area contributed by atoms with E-state index in [-0.39, 0.29) is 11.9 Å². The van der Waals surface area contributed by atoms with Crippen LogP contribution in [0.15, 0.2) is 72.8 Å². The van der Waals surface area contributed by atoms with Crippen LogP contribution < -0.4 is 4.90 Å². The first kappa shape index (κ1) is 23.0. The molecule has 0 aliphatic carbocycles. The summed E-state index contributed by atoms with van der Waals surface area (Å²) in [4.78, 5) is 17.9.